The predicted octanol–water partition coefficient (Wildman–Crippen LogP) is 2.38. The van der Waals surface area contributed by atoms with Gasteiger partial charge in [-0.2, -0.15) is 0 Å². The van der Waals surface area contributed by atoms with Crippen molar-refractivity contribution in [2.45, 2.75) is 64.0 Å². The fraction of sp³-hybridized carbons (Fsp3) is 1.00. The van der Waals surface area contributed by atoms with Crippen molar-refractivity contribution in [3.05, 3.63) is 0 Å². The summed E-state index contributed by atoms with van der Waals surface area (Å²) >= 11 is 0. The second-order valence-corrected chi connectivity index (χ2v) is 6.42. The van der Waals surface area contributed by atoms with Gasteiger partial charge in [0.1, 0.15) is 0 Å². The molecule has 2 nitrogen and oxygen atoms in total. The van der Waals surface area contributed by atoms with Gasteiger partial charge in [-0.1, -0.05) is 12.8 Å². The Kier molecular flexibility index (Phi) is 2.85. The molecule has 1 saturated heterocycles. The van der Waals surface area contributed by atoms with Crippen LogP contribution in [0.5, 0.6) is 0 Å². The van der Waals surface area contributed by atoms with E-state index in [2.05, 4.69) is 25.7 Å². The molecule has 2 rings (SSSR count). The highest BCUT2D eigenvalue weighted by Crippen LogP contribution is 2.43. The lowest BCUT2D eigenvalue weighted by atomic mass is 9.88. The van der Waals surface area contributed by atoms with Gasteiger partial charge in [0, 0.05) is 17.6 Å². The Morgan fingerprint density at radius 2 is 2.07 bits per heavy atom. The van der Waals surface area contributed by atoms with Crippen LogP contribution in [-0.2, 0) is 0 Å². The van der Waals surface area contributed by atoms with Crippen LogP contribution in [0.15, 0.2) is 0 Å². The van der Waals surface area contributed by atoms with Crippen LogP contribution in [0.25, 0.3) is 0 Å². The van der Waals surface area contributed by atoms with Crippen molar-refractivity contribution in [2.75, 3.05) is 13.1 Å². The summed E-state index contributed by atoms with van der Waals surface area (Å²) in [6.07, 6.45) is 6.85. The first-order valence-electron chi connectivity index (χ1n) is 6.46. The van der Waals surface area contributed by atoms with Crippen LogP contribution in [0.1, 0.15) is 52.9 Å². The smallest absolute Gasteiger partial charge is 0.0311 e. The summed E-state index contributed by atoms with van der Waals surface area (Å²) in [6, 6.07) is 0. The summed E-state index contributed by atoms with van der Waals surface area (Å²) in [7, 11) is 0. The summed E-state index contributed by atoms with van der Waals surface area (Å²) < 4.78 is 0. The third-order valence-corrected chi connectivity index (χ3v) is 4.42. The van der Waals surface area contributed by atoms with E-state index >= 15 is 0 Å². The van der Waals surface area contributed by atoms with Crippen molar-refractivity contribution in [1.29, 1.82) is 0 Å². The molecule has 0 radical (unpaired) electrons. The number of rotatable bonds is 4. The molecule has 2 heteroatoms. The molecular formula is C13H26N2. The molecule has 0 aromatic heterocycles. The fourth-order valence-electron chi connectivity index (χ4n) is 3.36. The summed E-state index contributed by atoms with van der Waals surface area (Å²) in [5.41, 5.74) is 6.66. The lowest BCUT2D eigenvalue weighted by Crippen LogP contribution is -2.57. The Hall–Kier alpha value is -0.0800. The molecule has 15 heavy (non-hydrogen) atoms. The number of hydrogen-bond acceptors (Lipinski definition) is 2. The van der Waals surface area contributed by atoms with Crippen molar-refractivity contribution in [3.63, 3.8) is 0 Å². The molecule has 1 heterocycles. The van der Waals surface area contributed by atoms with Gasteiger partial charge >= 0.3 is 0 Å². The lowest BCUT2D eigenvalue weighted by Gasteiger charge is -2.46. The fourth-order valence-corrected chi connectivity index (χ4v) is 3.36. The van der Waals surface area contributed by atoms with Crippen LogP contribution in [0.4, 0.5) is 0 Å². The molecule has 1 saturated carbocycles. The van der Waals surface area contributed by atoms with E-state index in [1.54, 1.807) is 0 Å². The average molecular weight is 210 g/mol. The van der Waals surface area contributed by atoms with Crippen LogP contribution in [0.3, 0.4) is 0 Å². The minimum Gasteiger partial charge on any atom is -0.329 e. The zero-order valence-electron chi connectivity index (χ0n) is 10.6. The molecule has 2 aliphatic rings. The largest absolute Gasteiger partial charge is 0.329 e. The zero-order chi connectivity index (χ0) is 11.1. The van der Waals surface area contributed by atoms with E-state index in [0.29, 0.717) is 5.54 Å². The van der Waals surface area contributed by atoms with Gasteiger partial charge in [-0.3, -0.25) is 4.90 Å². The Labute approximate surface area is 94.2 Å². The zero-order valence-corrected chi connectivity index (χ0v) is 10.6. The van der Waals surface area contributed by atoms with E-state index in [0.717, 1.165) is 12.5 Å². The second-order valence-electron chi connectivity index (χ2n) is 6.42. The van der Waals surface area contributed by atoms with Gasteiger partial charge in [0.25, 0.3) is 0 Å². The SMILES string of the molecule is CC1(C)CCCN1C(C)(CN)CC1CC1. The summed E-state index contributed by atoms with van der Waals surface area (Å²) in [4.78, 5) is 2.68. The first kappa shape index (κ1) is 11.4. The van der Waals surface area contributed by atoms with Crippen LogP contribution < -0.4 is 5.73 Å². The molecular weight excluding hydrogens is 184 g/mol. The maximum Gasteiger partial charge on any atom is 0.0311 e. The third-order valence-electron chi connectivity index (χ3n) is 4.42. The molecule has 2 fully saturated rings. The Bertz CT molecular complexity index is 233. The van der Waals surface area contributed by atoms with Crippen molar-refractivity contribution in [2.24, 2.45) is 11.7 Å². The van der Waals surface area contributed by atoms with E-state index < -0.39 is 0 Å². The highest BCUT2D eigenvalue weighted by atomic mass is 15.3. The molecule has 0 bridgehead atoms. The highest BCUT2D eigenvalue weighted by molar-refractivity contribution is 5.01. The first-order chi connectivity index (χ1) is 6.98. The first-order valence-corrected chi connectivity index (χ1v) is 6.46. The van der Waals surface area contributed by atoms with E-state index in [1.165, 1.54) is 38.6 Å². The Morgan fingerprint density at radius 3 is 2.47 bits per heavy atom. The van der Waals surface area contributed by atoms with Crippen molar-refractivity contribution < 1.29 is 0 Å². The van der Waals surface area contributed by atoms with Gasteiger partial charge in [-0.05, 0) is 52.5 Å². The number of nitrogens with two attached hydrogens (primary N) is 1. The molecule has 0 spiro atoms. The number of nitrogens with zero attached hydrogens (tertiary/aromatic N) is 1. The van der Waals surface area contributed by atoms with Gasteiger partial charge in [0.2, 0.25) is 0 Å². The molecule has 0 aromatic carbocycles. The van der Waals surface area contributed by atoms with Gasteiger partial charge < -0.3 is 5.73 Å². The van der Waals surface area contributed by atoms with Crippen LogP contribution in [-0.4, -0.2) is 29.1 Å². The number of likely N-dealkylation sites (tertiary alicyclic amines) is 1. The highest BCUT2D eigenvalue weighted by Gasteiger charge is 2.45. The van der Waals surface area contributed by atoms with Gasteiger partial charge in [0.15, 0.2) is 0 Å². The van der Waals surface area contributed by atoms with Crippen molar-refractivity contribution >= 4 is 0 Å². The van der Waals surface area contributed by atoms with Crippen molar-refractivity contribution in [1.82, 2.24) is 4.90 Å². The predicted molar refractivity (Wildman–Crippen MR) is 64.8 cm³/mol. The molecule has 0 amide bonds. The molecule has 1 aliphatic carbocycles. The van der Waals surface area contributed by atoms with Crippen LogP contribution >= 0.6 is 0 Å². The molecule has 1 aliphatic heterocycles. The Balaban J connectivity index is 2.09. The standard InChI is InChI=1S/C13H26N2/c1-12(2)7-4-8-15(12)13(3,10-14)9-11-5-6-11/h11H,4-10,14H2,1-3H3. The average Bonchev–Trinajstić information content (AvgIpc) is 2.88. The molecule has 1 unspecified atom stereocenters. The monoisotopic (exact) mass is 210 g/mol. The molecule has 2 N–H and O–H groups in total. The quantitative estimate of drug-likeness (QED) is 0.772. The van der Waals surface area contributed by atoms with Crippen LogP contribution in [0.2, 0.25) is 0 Å². The molecule has 88 valence electrons. The minimum absolute atomic E-state index is 0.251. The van der Waals surface area contributed by atoms with E-state index in [1.807, 2.05) is 0 Å². The topological polar surface area (TPSA) is 29.3 Å². The van der Waals surface area contributed by atoms with E-state index in [9.17, 15) is 0 Å². The summed E-state index contributed by atoms with van der Waals surface area (Å²) in [5.74, 6) is 0.968. The third kappa shape index (κ3) is 2.21. The maximum atomic E-state index is 6.04. The van der Waals surface area contributed by atoms with Gasteiger partial charge in [-0.15, -0.1) is 0 Å². The normalized spacial score (nSPS) is 30.4. The lowest BCUT2D eigenvalue weighted by molar-refractivity contribution is 0.0375. The Morgan fingerprint density at radius 1 is 1.40 bits per heavy atom. The molecule has 0 aromatic rings. The van der Waals surface area contributed by atoms with Gasteiger partial charge in [-0.25, -0.2) is 0 Å². The van der Waals surface area contributed by atoms with Crippen molar-refractivity contribution in [3.8, 4) is 0 Å². The number of hydrogen-bond donors (Lipinski definition) is 1. The van der Waals surface area contributed by atoms with E-state index in [-0.39, 0.29) is 5.54 Å². The maximum absolute atomic E-state index is 6.04. The van der Waals surface area contributed by atoms with E-state index in [4.69, 9.17) is 5.73 Å². The minimum atomic E-state index is 0.251. The summed E-state index contributed by atoms with van der Waals surface area (Å²) in [6.45, 7) is 9.18. The molecule has 1 atom stereocenters. The van der Waals surface area contributed by atoms with Gasteiger partial charge in [0.05, 0.1) is 0 Å². The summed E-state index contributed by atoms with van der Waals surface area (Å²) in [5, 5.41) is 0. The van der Waals surface area contributed by atoms with Crippen LogP contribution in [0, 0.1) is 5.92 Å². The second kappa shape index (κ2) is 3.74.